The average Bonchev–Trinajstić information content (AvgIpc) is 3.00. The largest absolute Gasteiger partial charge is 0.508 e. The first kappa shape index (κ1) is 16.4. The molecule has 2 atom stereocenters. The van der Waals surface area contributed by atoms with E-state index >= 15 is 0 Å². The SMILES string of the molecule is CN(C)C(=O)N1N=C2c3cc(F)ccc3OC[C@@H]2[C@@H]1c1cccc(O)c1. The smallest absolute Gasteiger partial charge is 0.340 e. The molecule has 0 bridgehead atoms. The molecule has 26 heavy (non-hydrogen) atoms. The molecule has 2 aromatic rings. The lowest BCUT2D eigenvalue weighted by Crippen LogP contribution is -2.39. The van der Waals surface area contributed by atoms with Gasteiger partial charge in [-0.05, 0) is 35.9 Å². The van der Waals surface area contributed by atoms with Gasteiger partial charge in [-0.3, -0.25) is 0 Å². The minimum absolute atomic E-state index is 0.108. The molecule has 4 rings (SSSR count). The lowest BCUT2D eigenvalue weighted by atomic mass is 9.86. The number of carbonyl (C=O) groups excluding carboxylic acids is 1. The number of nitrogens with zero attached hydrogens (tertiary/aromatic N) is 3. The van der Waals surface area contributed by atoms with Crippen molar-refractivity contribution >= 4 is 11.7 Å². The van der Waals surface area contributed by atoms with Crippen LogP contribution in [0.15, 0.2) is 47.6 Å². The number of amides is 2. The summed E-state index contributed by atoms with van der Waals surface area (Å²) < 4.78 is 19.6. The summed E-state index contributed by atoms with van der Waals surface area (Å²) in [5.41, 5.74) is 1.92. The van der Waals surface area contributed by atoms with Crippen molar-refractivity contribution in [3.05, 3.63) is 59.4 Å². The Morgan fingerprint density at radius 3 is 2.85 bits per heavy atom. The summed E-state index contributed by atoms with van der Waals surface area (Å²) in [5, 5.41) is 15.8. The highest BCUT2D eigenvalue weighted by Gasteiger charge is 2.45. The van der Waals surface area contributed by atoms with E-state index in [1.807, 2.05) is 6.07 Å². The number of aromatic hydroxyl groups is 1. The van der Waals surface area contributed by atoms with Gasteiger partial charge in [0.1, 0.15) is 17.3 Å². The lowest BCUT2D eigenvalue weighted by Gasteiger charge is -2.30. The van der Waals surface area contributed by atoms with E-state index in [4.69, 9.17) is 4.74 Å². The van der Waals surface area contributed by atoms with Gasteiger partial charge in [0.05, 0.1) is 24.3 Å². The summed E-state index contributed by atoms with van der Waals surface area (Å²) in [7, 11) is 3.29. The number of hydrogen-bond donors (Lipinski definition) is 1. The van der Waals surface area contributed by atoms with E-state index in [2.05, 4.69) is 5.10 Å². The normalized spacial score (nSPS) is 20.7. The van der Waals surface area contributed by atoms with Gasteiger partial charge in [0, 0.05) is 19.7 Å². The van der Waals surface area contributed by atoms with Crippen LogP contribution in [0.5, 0.6) is 11.5 Å². The number of halogens is 1. The van der Waals surface area contributed by atoms with Crippen LogP contribution in [0.2, 0.25) is 0 Å². The second-order valence-corrected chi connectivity index (χ2v) is 6.60. The van der Waals surface area contributed by atoms with E-state index in [0.717, 1.165) is 5.56 Å². The van der Waals surface area contributed by atoms with Crippen molar-refractivity contribution in [1.29, 1.82) is 0 Å². The lowest BCUT2D eigenvalue weighted by molar-refractivity contribution is 0.139. The van der Waals surface area contributed by atoms with Crippen LogP contribution >= 0.6 is 0 Å². The molecular weight excluding hydrogens is 337 g/mol. The van der Waals surface area contributed by atoms with Gasteiger partial charge in [0.25, 0.3) is 0 Å². The van der Waals surface area contributed by atoms with Crippen LogP contribution < -0.4 is 4.74 Å². The van der Waals surface area contributed by atoms with Crippen molar-refractivity contribution in [1.82, 2.24) is 9.91 Å². The number of urea groups is 1. The Morgan fingerprint density at radius 1 is 1.31 bits per heavy atom. The van der Waals surface area contributed by atoms with E-state index in [9.17, 15) is 14.3 Å². The fraction of sp³-hybridized carbons (Fsp3) is 0.263. The molecule has 0 radical (unpaired) electrons. The first-order valence-corrected chi connectivity index (χ1v) is 8.26. The molecule has 134 valence electrons. The maximum Gasteiger partial charge on any atom is 0.340 e. The van der Waals surface area contributed by atoms with E-state index in [0.29, 0.717) is 23.6 Å². The number of fused-ring (bicyclic) bond motifs is 3. The van der Waals surface area contributed by atoms with Crippen molar-refractivity contribution < 1.29 is 19.0 Å². The van der Waals surface area contributed by atoms with Gasteiger partial charge in [-0.15, -0.1) is 0 Å². The maximum absolute atomic E-state index is 13.8. The molecule has 1 N–H and O–H groups in total. The first-order valence-electron chi connectivity index (χ1n) is 8.26. The Labute approximate surface area is 150 Å². The molecule has 0 unspecified atom stereocenters. The number of carbonyl (C=O) groups is 1. The number of phenols is 1. The average molecular weight is 355 g/mol. The molecular formula is C19H18FN3O3. The van der Waals surface area contributed by atoms with E-state index in [1.54, 1.807) is 38.4 Å². The molecule has 2 aromatic carbocycles. The van der Waals surface area contributed by atoms with E-state index in [-0.39, 0.29) is 23.5 Å². The second kappa shape index (κ2) is 6.01. The predicted octanol–water partition coefficient (Wildman–Crippen LogP) is 2.98. The number of benzene rings is 2. The number of hydrogen-bond acceptors (Lipinski definition) is 4. The summed E-state index contributed by atoms with van der Waals surface area (Å²) in [6.07, 6.45) is 0. The zero-order chi connectivity index (χ0) is 18.4. The highest BCUT2D eigenvalue weighted by atomic mass is 19.1. The van der Waals surface area contributed by atoms with Gasteiger partial charge < -0.3 is 14.7 Å². The van der Waals surface area contributed by atoms with Crippen molar-refractivity contribution in [2.75, 3.05) is 20.7 Å². The van der Waals surface area contributed by atoms with Crippen LogP contribution in [-0.4, -0.2) is 47.5 Å². The third kappa shape index (κ3) is 2.56. The molecule has 0 saturated carbocycles. The molecule has 0 aromatic heterocycles. The molecule has 2 heterocycles. The molecule has 6 nitrogen and oxygen atoms in total. The third-order valence-electron chi connectivity index (χ3n) is 4.64. The molecule has 2 aliphatic rings. The summed E-state index contributed by atoms with van der Waals surface area (Å²) in [6.45, 7) is 0.314. The van der Waals surface area contributed by atoms with Crippen molar-refractivity contribution in [3.63, 3.8) is 0 Å². The molecule has 0 spiro atoms. The Balaban J connectivity index is 1.84. The third-order valence-corrected chi connectivity index (χ3v) is 4.64. The topological polar surface area (TPSA) is 65.4 Å². The van der Waals surface area contributed by atoms with Gasteiger partial charge in [-0.1, -0.05) is 12.1 Å². The van der Waals surface area contributed by atoms with Gasteiger partial charge in [0.2, 0.25) is 0 Å². The minimum Gasteiger partial charge on any atom is -0.508 e. The van der Waals surface area contributed by atoms with Crippen molar-refractivity contribution in [2.45, 2.75) is 6.04 Å². The zero-order valence-electron chi connectivity index (χ0n) is 14.4. The van der Waals surface area contributed by atoms with Crippen LogP contribution in [0.4, 0.5) is 9.18 Å². The van der Waals surface area contributed by atoms with Crippen LogP contribution in [-0.2, 0) is 0 Å². The summed E-state index contributed by atoms with van der Waals surface area (Å²) in [6, 6.07) is 10.3. The molecule has 2 aliphatic heterocycles. The highest BCUT2D eigenvalue weighted by molar-refractivity contribution is 6.07. The van der Waals surface area contributed by atoms with E-state index in [1.165, 1.54) is 22.0 Å². The summed E-state index contributed by atoms with van der Waals surface area (Å²) in [5.74, 6) is 0.0172. The van der Waals surface area contributed by atoms with Crippen molar-refractivity contribution in [2.24, 2.45) is 11.0 Å². The number of rotatable bonds is 1. The Morgan fingerprint density at radius 2 is 2.12 bits per heavy atom. The Hall–Kier alpha value is -3.09. The molecule has 0 aliphatic carbocycles. The fourth-order valence-corrected chi connectivity index (χ4v) is 3.45. The first-order chi connectivity index (χ1) is 12.5. The van der Waals surface area contributed by atoms with Crippen LogP contribution in [0, 0.1) is 11.7 Å². The van der Waals surface area contributed by atoms with Crippen molar-refractivity contribution in [3.8, 4) is 11.5 Å². The Bertz CT molecular complexity index is 913. The van der Waals surface area contributed by atoms with Crippen LogP contribution in [0.1, 0.15) is 17.2 Å². The number of ether oxygens (including phenoxy) is 1. The minimum atomic E-state index is -0.441. The number of hydrazone groups is 1. The highest BCUT2D eigenvalue weighted by Crippen LogP contribution is 2.43. The van der Waals surface area contributed by atoms with E-state index < -0.39 is 6.04 Å². The summed E-state index contributed by atoms with van der Waals surface area (Å²) >= 11 is 0. The predicted molar refractivity (Wildman–Crippen MR) is 93.7 cm³/mol. The second-order valence-electron chi connectivity index (χ2n) is 6.60. The molecule has 0 fully saturated rings. The standard InChI is InChI=1S/C19H18FN3O3/c1-22(2)19(25)23-18(11-4-3-5-13(24)8-11)15-10-26-16-7-6-12(20)9-14(16)17(15)21-23/h3-9,15,18,24H,10H2,1-2H3/t15-,18-/m0/s1. The fourth-order valence-electron chi connectivity index (χ4n) is 3.45. The zero-order valence-corrected chi connectivity index (χ0v) is 14.4. The monoisotopic (exact) mass is 355 g/mol. The van der Waals surface area contributed by atoms with Crippen LogP contribution in [0.25, 0.3) is 0 Å². The van der Waals surface area contributed by atoms with Gasteiger partial charge in [0.15, 0.2) is 0 Å². The molecule has 7 heteroatoms. The Kier molecular flexibility index (Phi) is 3.79. The quantitative estimate of drug-likeness (QED) is 0.855. The van der Waals surface area contributed by atoms with Gasteiger partial charge >= 0.3 is 6.03 Å². The maximum atomic E-state index is 13.8. The van der Waals surface area contributed by atoms with Crippen LogP contribution in [0.3, 0.4) is 0 Å². The molecule has 0 saturated heterocycles. The summed E-state index contributed by atoms with van der Waals surface area (Å²) in [4.78, 5) is 14.1. The number of phenolic OH excluding ortho intramolecular Hbond substituents is 1. The van der Waals surface area contributed by atoms with Gasteiger partial charge in [-0.25, -0.2) is 14.2 Å². The molecule has 2 amide bonds. The van der Waals surface area contributed by atoms with Gasteiger partial charge in [-0.2, -0.15) is 5.10 Å².